The van der Waals surface area contributed by atoms with Gasteiger partial charge in [0.05, 0.1) is 12.1 Å². The molecule has 1 amide bonds. The number of benzene rings is 1. The molecule has 0 radical (unpaired) electrons. The Kier molecular flexibility index (Phi) is 5.12. The predicted molar refractivity (Wildman–Crippen MR) is 78.0 cm³/mol. The van der Waals surface area contributed by atoms with Crippen LogP contribution in [0.1, 0.15) is 49.8 Å². The predicted octanol–water partition coefficient (Wildman–Crippen LogP) is 2.84. The summed E-state index contributed by atoms with van der Waals surface area (Å²) in [7, 11) is 0. The van der Waals surface area contributed by atoms with Crippen LogP contribution >= 0.6 is 0 Å². The highest BCUT2D eigenvalue weighted by atomic mass is 19.1. The van der Waals surface area contributed by atoms with Gasteiger partial charge < -0.3 is 10.6 Å². The molecular formula is C16H23FN2O. The van der Waals surface area contributed by atoms with Gasteiger partial charge in [-0.05, 0) is 50.4 Å². The standard InChI is InChI=1S/C16H23FN2O/c1-11-7-8-13(10-14(11)17)12(2)19-16(20)15-6-4-3-5-9-18-15/h7-8,10,12,15,18H,3-6,9H2,1-2H3,(H,19,20). The summed E-state index contributed by atoms with van der Waals surface area (Å²) in [6.45, 7) is 4.52. The van der Waals surface area contributed by atoms with Crippen molar-refractivity contribution in [1.82, 2.24) is 10.6 Å². The SMILES string of the molecule is Cc1ccc(C(C)NC(=O)C2CCCCCN2)cc1F. The first-order valence-corrected chi connectivity index (χ1v) is 7.37. The van der Waals surface area contributed by atoms with E-state index in [0.29, 0.717) is 5.56 Å². The van der Waals surface area contributed by atoms with Gasteiger partial charge in [-0.3, -0.25) is 4.79 Å². The van der Waals surface area contributed by atoms with Gasteiger partial charge in [0.2, 0.25) is 5.91 Å². The second-order valence-corrected chi connectivity index (χ2v) is 5.59. The van der Waals surface area contributed by atoms with Crippen molar-refractivity contribution in [2.24, 2.45) is 0 Å². The topological polar surface area (TPSA) is 41.1 Å². The molecule has 1 aromatic carbocycles. The fourth-order valence-corrected chi connectivity index (χ4v) is 2.53. The van der Waals surface area contributed by atoms with Gasteiger partial charge in [-0.15, -0.1) is 0 Å². The summed E-state index contributed by atoms with van der Waals surface area (Å²) in [5, 5.41) is 6.24. The number of amides is 1. The van der Waals surface area contributed by atoms with Crippen LogP contribution < -0.4 is 10.6 Å². The zero-order valence-electron chi connectivity index (χ0n) is 12.2. The Morgan fingerprint density at radius 1 is 1.40 bits per heavy atom. The van der Waals surface area contributed by atoms with E-state index in [1.807, 2.05) is 13.0 Å². The van der Waals surface area contributed by atoms with Crippen LogP contribution in [-0.2, 0) is 4.79 Å². The van der Waals surface area contributed by atoms with Gasteiger partial charge in [-0.25, -0.2) is 4.39 Å². The molecule has 20 heavy (non-hydrogen) atoms. The summed E-state index contributed by atoms with van der Waals surface area (Å²) in [6.07, 6.45) is 4.26. The van der Waals surface area contributed by atoms with E-state index < -0.39 is 0 Å². The van der Waals surface area contributed by atoms with Crippen LogP contribution in [0.2, 0.25) is 0 Å². The molecule has 1 fully saturated rings. The van der Waals surface area contributed by atoms with Gasteiger partial charge in [-0.2, -0.15) is 0 Å². The second-order valence-electron chi connectivity index (χ2n) is 5.59. The Morgan fingerprint density at radius 3 is 2.95 bits per heavy atom. The van der Waals surface area contributed by atoms with Gasteiger partial charge in [0.15, 0.2) is 0 Å². The van der Waals surface area contributed by atoms with E-state index in [9.17, 15) is 9.18 Å². The number of aryl methyl sites for hydroxylation is 1. The Hall–Kier alpha value is -1.42. The number of nitrogens with one attached hydrogen (secondary N) is 2. The molecule has 1 heterocycles. The van der Waals surface area contributed by atoms with Crippen molar-refractivity contribution in [3.8, 4) is 0 Å². The van der Waals surface area contributed by atoms with Crippen molar-refractivity contribution in [3.05, 3.63) is 35.1 Å². The van der Waals surface area contributed by atoms with Crippen LogP contribution in [0, 0.1) is 12.7 Å². The summed E-state index contributed by atoms with van der Waals surface area (Å²) in [6, 6.07) is 4.82. The Bertz CT molecular complexity index is 468. The third-order valence-corrected chi connectivity index (χ3v) is 3.93. The molecule has 2 unspecified atom stereocenters. The maximum Gasteiger partial charge on any atom is 0.237 e. The van der Waals surface area contributed by atoms with Crippen molar-refractivity contribution in [2.75, 3.05) is 6.54 Å². The van der Waals surface area contributed by atoms with Crippen molar-refractivity contribution < 1.29 is 9.18 Å². The number of hydrogen-bond donors (Lipinski definition) is 2. The lowest BCUT2D eigenvalue weighted by Gasteiger charge is -2.20. The van der Waals surface area contributed by atoms with Crippen LogP contribution in [0.15, 0.2) is 18.2 Å². The maximum absolute atomic E-state index is 13.6. The van der Waals surface area contributed by atoms with E-state index in [1.54, 1.807) is 13.0 Å². The van der Waals surface area contributed by atoms with Crippen LogP contribution in [0.4, 0.5) is 4.39 Å². The first kappa shape index (κ1) is 15.0. The fraction of sp³-hybridized carbons (Fsp3) is 0.562. The van der Waals surface area contributed by atoms with Gasteiger partial charge >= 0.3 is 0 Å². The Morgan fingerprint density at radius 2 is 2.20 bits per heavy atom. The highest BCUT2D eigenvalue weighted by molar-refractivity contribution is 5.82. The van der Waals surface area contributed by atoms with Crippen LogP contribution in [0.5, 0.6) is 0 Å². The van der Waals surface area contributed by atoms with Crippen LogP contribution in [0.25, 0.3) is 0 Å². The Balaban J connectivity index is 1.97. The molecule has 0 spiro atoms. The van der Waals surface area contributed by atoms with Crippen molar-refractivity contribution in [3.63, 3.8) is 0 Å². The monoisotopic (exact) mass is 278 g/mol. The molecule has 0 bridgehead atoms. The zero-order chi connectivity index (χ0) is 14.5. The van der Waals surface area contributed by atoms with Crippen molar-refractivity contribution in [1.29, 1.82) is 0 Å². The minimum absolute atomic E-state index is 0.0142. The molecule has 0 aliphatic carbocycles. The average molecular weight is 278 g/mol. The minimum atomic E-state index is -0.226. The molecule has 3 nitrogen and oxygen atoms in total. The van der Waals surface area contributed by atoms with E-state index >= 15 is 0 Å². The fourth-order valence-electron chi connectivity index (χ4n) is 2.53. The van der Waals surface area contributed by atoms with E-state index in [0.717, 1.165) is 31.4 Å². The molecule has 110 valence electrons. The molecule has 0 aromatic heterocycles. The molecule has 1 aromatic rings. The third-order valence-electron chi connectivity index (χ3n) is 3.93. The number of carbonyl (C=O) groups excluding carboxylic acids is 1. The normalized spacial score (nSPS) is 21.1. The van der Waals surface area contributed by atoms with E-state index in [1.165, 1.54) is 12.5 Å². The number of halogens is 1. The first-order valence-electron chi connectivity index (χ1n) is 7.37. The second kappa shape index (κ2) is 6.84. The number of carbonyl (C=O) groups is 1. The van der Waals surface area contributed by atoms with Gasteiger partial charge in [0.1, 0.15) is 5.82 Å². The molecule has 1 aliphatic rings. The third kappa shape index (κ3) is 3.79. The first-order chi connectivity index (χ1) is 9.58. The lowest BCUT2D eigenvalue weighted by atomic mass is 10.0. The van der Waals surface area contributed by atoms with Crippen molar-refractivity contribution in [2.45, 2.75) is 51.6 Å². The van der Waals surface area contributed by atoms with Crippen molar-refractivity contribution >= 4 is 5.91 Å². The molecule has 2 rings (SSSR count). The van der Waals surface area contributed by atoms with E-state index in [4.69, 9.17) is 0 Å². The maximum atomic E-state index is 13.6. The van der Waals surface area contributed by atoms with E-state index in [2.05, 4.69) is 10.6 Å². The van der Waals surface area contributed by atoms with E-state index in [-0.39, 0.29) is 23.8 Å². The molecule has 1 saturated heterocycles. The smallest absolute Gasteiger partial charge is 0.237 e. The molecule has 2 N–H and O–H groups in total. The summed E-state index contributed by atoms with van der Waals surface area (Å²) in [5.74, 6) is -0.212. The largest absolute Gasteiger partial charge is 0.348 e. The zero-order valence-corrected chi connectivity index (χ0v) is 12.2. The highest BCUT2D eigenvalue weighted by Gasteiger charge is 2.21. The van der Waals surface area contributed by atoms with Gasteiger partial charge in [0, 0.05) is 0 Å². The van der Waals surface area contributed by atoms with Crippen LogP contribution in [0.3, 0.4) is 0 Å². The quantitative estimate of drug-likeness (QED) is 0.892. The lowest BCUT2D eigenvalue weighted by molar-refractivity contribution is -0.123. The molecule has 1 aliphatic heterocycles. The summed E-state index contributed by atoms with van der Waals surface area (Å²) >= 11 is 0. The molecule has 2 atom stereocenters. The summed E-state index contributed by atoms with van der Waals surface area (Å²) < 4.78 is 13.6. The molecule has 0 saturated carbocycles. The minimum Gasteiger partial charge on any atom is -0.348 e. The number of rotatable bonds is 3. The molecule has 4 heteroatoms. The average Bonchev–Trinajstić information content (AvgIpc) is 2.70. The number of hydrogen-bond acceptors (Lipinski definition) is 2. The van der Waals surface area contributed by atoms with Crippen LogP contribution in [-0.4, -0.2) is 18.5 Å². The van der Waals surface area contributed by atoms with Gasteiger partial charge in [-0.1, -0.05) is 25.0 Å². The molecular weight excluding hydrogens is 255 g/mol. The summed E-state index contributed by atoms with van der Waals surface area (Å²) in [4.78, 5) is 12.2. The highest BCUT2D eigenvalue weighted by Crippen LogP contribution is 2.17. The summed E-state index contributed by atoms with van der Waals surface area (Å²) in [5.41, 5.74) is 1.42. The Labute approximate surface area is 120 Å². The van der Waals surface area contributed by atoms with Gasteiger partial charge in [0.25, 0.3) is 0 Å². The lowest BCUT2D eigenvalue weighted by Crippen LogP contribution is -2.44.